The minimum Gasteiger partial charge on any atom is -0.496 e. The molecule has 3 amide bonds. The number of thiazole rings is 1. The van der Waals surface area contributed by atoms with E-state index in [0.29, 0.717) is 37.6 Å². The summed E-state index contributed by atoms with van der Waals surface area (Å²) in [6, 6.07) is 20.7. The predicted molar refractivity (Wildman–Crippen MR) is 161 cm³/mol. The predicted octanol–water partition coefficient (Wildman–Crippen LogP) is 5.66. The first kappa shape index (κ1) is 27.6. The number of imide groups is 1. The first-order valence-electron chi connectivity index (χ1n) is 12.5. The van der Waals surface area contributed by atoms with Crippen LogP contribution in [0.1, 0.15) is 16.4 Å². The maximum absolute atomic E-state index is 14.0. The van der Waals surface area contributed by atoms with Gasteiger partial charge >= 0.3 is 4.87 Å². The van der Waals surface area contributed by atoms with E-state index in [-0.39, 0.29) is 28.3 Å². The number of amides is 3. The Morgan fingerprint density at radius 3 is 2.41 bits per heavy atom. The van der Waals surface area contributed by atoms with Crippen LogP contribution in [0.5, 0.6) is 5.75 Å². The quantitative estimate of drug-likeness (QED) is 0.278. The van der Waals surface area contributed by atoms with Crippen LogP contribution >= 0.6 is 46.3 Å². The number of hydrogen-bond acceptors (Lipinski definition) is 7. The van der Waals surface area contributed by atoms with Gasteiger partial charge in [-0.3, -0.25) is 23.7 Å². The third-order valence-corrected chi connectivity index (χ3v) is 10.4. The summed E-state index contributed by atoms with van der Waals surface area (Å²) < 4.78 is 7.00. The Balaban J connectivity index is 1.42. The lowest BCUT2D eigenvalue weighted by Gasteiger charge is -2.31. The molecule has 3 atom stereocenters. The number of carbonyl (C=O) groups excluding carboxylic acids is 3. The molecule has 2 aliphatic rings. The van der Waals surface area contributed by atoms with Gasteiger partial charge < -0.3 is 10.1 Å². The average Bonchev–Trinajstić information content (AvgIpc) is 3.41. The number of fused-ring (bicyclic) bond motifs is 2. The molecule has 1 aromatic heterocycles. The number of anilines is 2. The molecule has 8 nitrogen and oxygen atoms in total. The molecule has 3 heterocycles. The van der Waals surface area contributed by atoms with Crippen LogP contribution in [0, 0.1) is 5.92 Å². The fourth-order valence-corrected chi connectivity index (χ4v) is 8.33. The van der Waals surface area contributed by atoms with Crippen LogP contribution in [0.4, 0.5) is 11.4 Å². The standard InChI is InChI=1S/C29H21Cl2N3O5S2/c1-39-20-10-6-5-9-17(20)22-23-24(27(37)34(26(23)36)16-7-3-2-4-8-16)40-28-25(22)41-29(38)33(28)14-21(35)32-15-11-12-18(30)19(31)13-15/h2-13,22-24H,14H2,1H3,(H,32,35)/t22-,23-,24+/m0/s1. The zero-order chi connectivity index (χ0) is 28.8. The van der Waals surface area contributed by atoms with Crippen LogP contribution in [0.3, 0.4) is 0 Å². The summed E-state index contributed by atoms with van der Waals surface area (Å²) in [5.74, 6) is -2.03. The molecule has 12 heteroatoms. The van der Waals surface area contributed by atoms with Crippen molar-refractivity contribution in [1.29, 1.82) is 0 Å². The molecule has 3 aromatic carbocycles. The van der Waals surface area contributed by atoms with Crippen LogP contribution in [0.2, 0.25) is 10.0 Å². The second kappa shape index (κ2) is 11.0. The molecule has 0 aliphatic carbocycles. The number of nitrogens with one attached hydrogen (secondary N) is 1. The molecule has 0 unspecified atom stereocenters. The van der Waals surface area contributed by atoms with E-state index in [0.717, 1.165) is 23.1 Å². The summed E-state index contributed by atoms with van der Waals surface area (Å²) in [6.45, 7) is -0.293. The van der Waals surface area contributed by atoms with Crippen molar-refractivity contribution in [3.8, 4) is 5.75 Å². The van der Waals surface area contributed by atoms with Crippen molar-refractivity contribution in [1.82, 2.24) is 4.57 Å². The molecule has 2 aliphatic heterocycles. The van der Waals surface area contributed by atoms with Gasteiger partial charge in [-0.15, -0.1) is 0 Å². The Kier molecular flexibility index (Phi) is 7.41. The van der Waals surface area contributed by atoms with Crippen molar-refractivity contribution in [2.24, 2.45) is 5.92 Å². The van der Waals surface area contributed by atoms with Gasteiger partial charge in [-0.05, 0) is 36.4 Å². The van der Waals surface area contributed by atoms with E-state index in [9.17, 15) is 19.2 Å². The van der Waals surface area contributed by atoms with E-state index < -0.39 is 23.0 Å². The molecule has 6 rings (SSSR count). The highest BCUT2D eigenvalue weighted by molar-refractivity contribution is 8.00. The Hall–Kier alpha value is -3.57. The zero-order valence-electron chi connectivity index (χ0n) is 21.4. The monoisotopic (exact) mass is 625 g/mol. The topological polar surface area (TPSA) is 97.7 Å². The Morgan fingerprint density at radius 2 is 1.68 bits per heavy atom. The van der Waals surface area contributed by atoms with E-state index in [4.69, 9.17) is 27.9 Å². The summed E-state index contributed by atoms with van der Waals surface area (Å²) in [4.78, 5) is 55.6. The molecule has 41 heavy (non-hydrogen) atoms. The highest BCUT2D eigenvalue weighted by atomic mass is 35.5. The molecule has 1 N–H and O–H groups in total. The first-order valence-corrected chi connectivity index (χ1v) is 14.9. The lowest BCUT2D eigenvalue weighted by molar-refractivity contribution is -0.122. The normalized spacial score (nSPS) is 19.6. The lowest BCUT2D eigenvalue weighted by atomic mass is 9.82. The fraction of sp³-hybridized carbons (Fsp3) is 0.172. The van der Waals surface area contributed by atoms with Crippen molar-refractivity contribution in [2.45, 2.75) is 22.7 Å². The number of ether oxygens (including phenoxy) is 1. The van der Waals surface area contributed by atoms with Crippen LogP contribution in [-0.2, 0) is 20.9 Å². The van der Waals surface area contributed by atoms with Gasteiger partial charge in [-0.25, -0.2) is 4.90 Å². The largest absolute Gasteiger partial charge is 0.496 e. The highest BCUT2D eigenvalue weighted by Gasteiger charge is 2.57. The Labute approximate surface area is 252 Å². The Morgan fingerprint density at radius 1 is 0.951 bits per heavy atom. The van der Waals surface area contributed by atoms with Gasteiger partial charge in [-0.2, -0.15) is 0 Å². The summed E-state index contributed by atoms with van der Waals surface area (Å²) in [7, 11) is 1.54. The maximum Gasteiger partial charge on any atom is 0.308 e. The molecule has 1 fully saturated rings. The summed E-state index contributed by atoms with van der Waals surface area (Å²) >= 11 is 14.2. The van der Waals surface area contributed by atoms with Gasteiger partial charge in [-0.1, -0.05) is 82.7 Å². The number of rotatable bonds is 6. The number of para-hydroxylation sites is 2. The average molecular weight is 627 g/mol. The summed E-state index contributed by atoms with van der Waals surface area (Å²) in [5, 5.41) is 3.05. The number of thioether (sulfide) groups is 1. The third kappa shape index (κ3) is 4.84. The SMILES string of the molecule is COc1ccccc1[C@@H]1c2sc(=O)n(CC(=O)Nc3ccc(Cl)c(Cl)c3)c2S[C@H]2C(=O)N(c3ccccc3)C(=O)[C@@H]12. The number of carbonyl (C=O) groups is 3. The van der Waals surface area contributed by atoms with Gasteiger partial charge in [0.25, 0.3) is 0 Å². The maximum atomic E-state index is 14.0. The third-order valence-electron chi connectivity index (χ3n) is 7.04. The second-order valence-corrected chi connectivity index (χ2v) is 12.4. The molecule has 1 saturated heterocycles. The zero-order valence-corrected chi connectivity index (χ0v) is 24.5. The molecule has 0 radical (unpaired) electrons. The summed E-state index contributed by atoms with van der Waals surface area (Å²) in [5.41, 5.74) is 1.60. The first-order chi connectivity index (χ1) is 19.8. The number of methoxy groups -OCH3 is 1. The van der Waals surface area contributed by atoms with Gasteiger partial charge in [0, 0.05) is 22.0 Å². The molecule has 208 valence electrons. The Bertz CT molecular complexity index is 1760. The molecular weight excluding hydrogens is 605 g/mol. The number of nitrogens with zero attached hydrogens (tertiary/aromatic N) is 2. The van der Waals surface area contributed by atoms with E-state index >= 15 is 0 Å². The van der Waals surface area contributed by atoms with Crippen molar-refractivity contribution in [3.63, 3.8) is 0 Å². The number of benzene rings is 3. The van der Waals surface area contributed by atoms with E-state index in [1.807, 2.05) is 24.3 Å². The van der Waals surface area contributed by atoms with Gasteiger partial charge in [0.05, 0.1) is 33.8 Å². The van der Waals surface area contributed by atoms with E-state index in [1.54, 1.807) is 42.5 Å². The van der Waals surface area contributed by atoms with Crippen molar-refractivity contribution < 1.29 is 19.1 Å². The molecule has 4 aromatic rings. The van der Waals surface area contributed by atoms with Crippen molar-refractivity contribution >= 4 is 75.4 Å². The van der Waals surface area contributed by atoms with Crippen LogP contribution in [0.25, 0.3) is 0 Å². The molecule has 0 spiro atoms. The second-order valence-electron chi connectivity index (χ2n) is 9.43. The van der Waals surface area contributed by atoms with E-state index in [2.05, 4.69) is 5.32 Å². The van der Waals surface area contributed by atoms with Crippen LogP contribution < -0.4 is 19.8 Å². The van der Waals surface area contributed by atoms with Crippen LogP contribution in [-0.4, -0.2) is 34.6 Å². The highest BCUT2D eigenvalue weighted by Crippen LogP contribution is 2.55. The fourth-order valence-electron chi connectivity index (χ4n) is 5.26. The minimum atomic E-state index is -0.802. The number of hydrogen-bond donors (Lipinski definition) is 1. The number of aromatic nitrogens is 1. The van der Waals surface area contributed by atoms with Gasteiger partial charge in [0.1, 0.15) is 17.5 Å². The minimum absolute atomic E-state index is 0.281. The molecule has 0 bridgehead atoms. The van der Waals surface area contributed by atoms with Crippen molar-refractivity contribution in [3.05, 3.63) is 103 Å². The summed E-state index contributed by atoms with van der Waals surface area (Å²) in [6.07, 6.45) is 0. The lowest BCUT2D eigenvalue weighted by Crippen LogP contribution is -2.33. The number of halogens is 2. The van der Waals surface area contributed by atoms with Crippen molar-refractivity contribution in [2.75, 3.05) is 17.3 Å². The molecule has 0 saturated carbocycles. The van der Waals surface area contributed by atoms with Gasteiger partial charge in [0.2, 0.25) is 17.7 Å². The van der Waals surface area contributed by atoms with E-state index in [1.165, 1.54) is 22.6 Å². The van der Waals surface area contributed by atoms with Gasteiger partial charge in [0.15, 0.2) is 0 Å². The van der Waals surface area contributed by atoms with Crippen LogP contribution in [0.15, 0.2) is 82.6 Å². The smallest absolute Gasteiger partial charge is 0.308 e. The molecular formula is C29H21Cl2N3O5S2.